The first-order valence-electron chi connectivity index (χ1n) is 4.77. The third-order valence-corrected chi connectivity index (χ3v) is 3.35. The van der Waals surface area contributed by atoms with Gasteiger partial charge in [-0.3, -0.25) is 0 Å². The predicted octanol–water partition coefficient (Wildman–Crippen LogP) is 4.72. The fourth-order valence-electron chi connectivity index (χ4n) is 1.45. The van der Waals surface area contributed by atoms with E-state index < -0.39 is 0 Å². The Morgan fingerprint density at radius 2 is 1.88 bits per heavy atom. The molecule has 0 unspecified atom stereocenters. The second-order valence-corrected chi connectivity index (χ2v) is 4.51. The number of hydrogen-bond acceptors (Lipinski definition) is 2. The lowest BCUT2D eigenvalue weighted by molar-refractivity contribution is 0.398. The molecule has 0 saturated heterocycles. The van der Waals surface area contributed by atoms with Crippen LogP contribution in [0.3, 0.4) is 0 Å². The Balaban J connectivity index is 2.54. The van der Waals surface area contributed by atoms with Crippen molar-refractivity contribution < 1.29 is 4.74 Å². The summed E-state index contributed by atoms with van der Waals surface area (Å²) in [5.74, 6) is 0.383. The van der Waals surface area contributed by atoms with E-state index in [0.29, 0.717) is 20.9 Å². The van der Waals surface area contributed by atoms with Gasteiger partial charge >= 0.3 is 0 Å². The molecule has 17 heavy (non-hydrogen) atoms. The molecule has 5 heteroatoms. The summed E-state index contributed by atoms with van der Waals surface area (Å²) in [6.07, 6.45) is 1.64. The molecular formula is C12H8Cl3NO. The topological polar surface area (TPSA) is 22.1 Å². The van der Waals surface area contributed by atoms with Gasteiger partial charge in [0.05, 0.1) is 17.2 Å². The van der Waals surface area contributed by atoms with Crippen LogP contribution in [0.25, 0.3) is 11.1 Å². The van der Waals surface area contributed by atoms with E-state index in [0.717, 1.165) is 11.1 Å². The summed E-state index contributed by atoms with van der Waals surface area (Å²) in [4.78, 5) is 4.09. The van der Waals surface area contributed by atoms with E-state index in [-0.39, 0.29) is 0 Å². The van der Waals surface area contributed by atoms with Gasteiger partial charge in [0, 0.05) is 17.3 Å². The molecule has 88 valence electrons. The predicted molar refractivity (Wildman–Crippen MR) is 71.3 cm³/mol. The fraction of sp³-hybridized carbons (Fsp3) is 0.0833. The molecule has 0 N–H and O–H groups in total. The number of hydrogen-bond donors (Lipinski definition) is 0. The van der Waals surface area contributed by atoms with E-state index in [1.165, 1.54) is 7.11 Å². The molecule has 2 aromatic rings. The lowest BCUT2D eigenvalue weighted by atomic mass is 10.1. The molecule has 1 aromatic carbocycles. The highest BCUT2D eigenvalue weighted by Gasteiger charge is 2.10. The highest BCUT2D eigenvalue weighted by Crippen LogP contribution is 2.35. The molecule has 0 aliphatic heterocycles. The molecule has 0 aliphatic carbocycles. The largest absolute Gasteiger partial charge is 0.480 e. The van der Waals surface area contributed by atoms with Crippen LogP contribution in [0.1, 0.15) is 0 Å². The zero-order valence-corrected chi connectivity index (χ0v) is 11.1. The van der Waals surface area contributed by atoms with E-state index in [1.807, 2.05) is 12.1 Å². The number of methoxy groups -OCH3 is 1. The molecule has 0 atom stereocenters. The number of aromatic nitrogens is 1. The van der Waals surface area contributed by atoms with Gasteiger partial charge in [-0.1, -0.05) is 46.9 Å². The van der Waals surface area contributed by atoms with Gasteiger partial charge in [-0.05, 0) is 12.1 Å². The number of nitrogens with zero attached hydrogens (tertiary/aromatic N) is 1. The summed E-state index contributed by atoms with van der Waals surface area (Å²) < 4.78 is 4.99. The molecular weight excluding hydrogens is 280 g/mol. The van der Waals surface area contributed by atoms with E-state index in [2.05, 4.69) is 4.98 Å². The average molecular weight is 289 g/mol. The van der Waals surface area contributed by atoms with Crippen molar-refractivity contribution in [3.63, 3.8) is 0 Å². The van der Waals surface area contributed by atoms with Crippen molar-refractivity contribution >= 4 is 34.8 Å². The van der Waals surface area contributed by atoms with Gasteiger partial charge in [-0.2, -0.15) is 0 Å². The van der Waals surface area contributed by atoms with Crippen LogP contribution in [-0.4, -0.2) is 12.1 Å². The van der Waals surface area contributed by atoms with Crippen molar-refractivity contribution in [3.8, 4) is 17.0 Å². The highest BCUT2D eigenvalue weighted by atomic mass is 35.5. The van der Waals surface area contributed by atoms with Crippen molar-refractivity contribution in [1.29, 1.82) is 0 Å². The number of benzene rings is 1. The average Bonchev–Trinajstić information content (AvgIpc) is 2.32. The van der Waals surface area contributed by atoms with E-state index in [9.17, 15) is 0 Å². The van der Waals surface area contributed by atoms with Crippen molar-refractivity contribution in [2.75, 3.05) is 7.11 Å². The molecule has 2 rings (SSSR count). The van der Waals surface area contributed by atoms with Gasteiger partial charge in [0.15, 0.2) is 0 Å². The van der Waals surface area contributed by atoms with Crippen molar-refractivity contribution in [2.45, 2.75) is 0 Å². The van der Waals surface area contributed by atoms with Crippen molar-refractivity contribution in [3.05, 3.63) is 45.5 Å². The number of rotatable bonds is 2. The molecule has 1 heterocycles. The van der Waals surface area contributed by atoms with Crippen LogP contribution in [-0.2, 0) is 0 Å². The summed E-state index contributed by atoms with van der Waals surface area (Å²) in [6.45, 7) is 0. The van der Waals surface area contributed by atoms with Crippen LogP contribution < -0.4 is 4.74 Å². The summed E-state index contributed by atoms with van der Waals surface area (Å²) in [5.41, 5.74) is 1.58. The Morgan fingerprint density at radius 3 is 2.53 bits per heavy atom. The van der Waals surface area contributed by atoms with Gasteiger partial charge in [-0.15, -0.1) is 0 Å². The lowest BCUT2D eigenvalue weighted by Crippen LogP contribution is -1.89. The quantitative estimate of drug-likeness (QED) is 0.798. The normalized spacial score (nSPS) is 10.4. The Bertz CT molecular complexity index is 557. The number of ether oxygens (including phenoxy) is 1. The molecule has 0 saturated carbocycles. The van der Waals surface area contributed by atoms with Gasteiger partial charge in [0.2, 0.25) is 5.88 Å². The first kappa shape index (κ1) is 12.5. The van der Waals surface area contributed by atoms with Crippen LogP contribution >= 0.6 is 34.8 Å². The van der Waals surface area contributed by atoms with Crippen LogP contribution in [0.5, 0.6) is 5.88 Å². The smallest absolute Gasteiger partial charge is 0.232 e. The minimum atomic E-state index is 0.383. The molecule has 0 fully saturated rings. The van der Waals surface area contributed by atoms with Crippen LogP contribution in [0, 0.1) is 0 Å². The third kappa shape index (κ3) is 2.49. The van der Waals surface area contributed by atoms with E-state index in [1.54, 1.807) is 18.3 Å². The van der Waals surface area contributed by atoms with Crippen LogP contribution in [0.15, 0.2) is 30.5 Å². The molecule has 1 aromatic heterocycles. The molecule has 0 radical (unpaired) electrons. The molecule has 0 spiro atoms. The van der Waals surface area contributed by atoms with Gasteiger partial charge in [0.25, 0.3) is 0 Å². The monoisotopic (exact) mass is 287 g/mol. The lowest BCUT2D eigenvalue weighted by Gasteiger charge is -2.07. The van der Waals surface area contributed by atoms with Crippen LogP contribution in [0.2, 0.25) is 15.1 Å². The van der Waals surface area contributed by atoms with E-state index in [4.69, 9.17) is 39.5 Å². The maximum absolute atomic E-state index is 6.12. The zero-order chi connectivity index (χ0) is 12.4. The SMILES string of the molecule is COc1ncc(-c2cccc(Cl)c2Cl)cc1Cl. The summed E-state index contributed by atoms with van der Waals surface area (Å²) >= 11 is 18.1. The maximum atomic E-state index is 6.12. The fourth-order valence-corrected chi connectivity index (χ4v) is 2.10. The Hall–Kier alpha value is -0.960. The minimum Gasteiger partial charge on any atom is -0.480 e. The minimum absolute atomic E-state index is 0.383. The van der Waals surface area contributed by atoms with Crippen molar-refractivity contribution in [1.82, 2.24) is 4.98 Å². The third-order valence-electron chi connectivity index (χ3n) is 2.26. The zero-order valence-electron chi connectivity index (χ0n) is 8.88. The molecule has 0 aliphatic rings. The molecule has 0 amide bonds. The first-order chi connectivity index (χ1) is 8.13. The number of pyridine rings is 1. The first-order valence-corrected chi connectivity index (χ1v) is 5.91. The Morgan fingerprint density at radius 1 is 1.12 bits per heavy atom. The Kier molecular flexibility index (Phi) is 3.77. The summed E-state index contributed by atoms with van der Waals surface area (Å²) in [6, 6.07) is 7.15. The van der Waals surface area contributed by atoms with Crippen molar-refractivity contribution in [2.24, 2.45) is 0 Å². The molecule has 0 bridgehead atoms. The van der Waals surface area contributed by atoms with Crippen LogP contribution in [0.4, 0.5) is 0 Å². The highest BCUT2D eigenvalue weighted by molar-refractivity contribution is 6.43. The summed E-state index contributed by atoms with van der Waals surface area (Å²) in [5, 5.41) is 1.41. The van der Waals surface area contributed by atoms with Gasteiger partial charge in [0.1, 0.15) is 5.02 Å². The second-order valence-electron chi connectivity index (χ2n) is 3.32. The summed E-state index contributed by atoms with van der Waals surface area (Å²) in [7, 11) is 1.51. The number of halogens is 3. The van der Waals surface area contributed by atoms with E-state index >= 15 is 0 Å². The standard InChI is InChI=1S/C12H8Cl3NO/c1-17-12-10(14)5-7(6-16-12)8-3-2-4-9(13)11(8)15/h2-6H,1H3. The Labute approximate surface area is 114 Å². The molecule has 2 nitrogen and oxygen atoms in total. The van der Waals surface area contributed by atoms with Gasteiger partial charge in [-0.25, -0.2) is 4.98 Å². The maximum Gasteiger partial charge on any atom is 0.232 e. The second kappa shape index (κ2) is 5.13. The van der Waals surface area contributed by atoms with Gasteiger partial charge < -0.3 is 4.74 Å².